The number of alkyl halides is 6. The second kappa shape index (κ2) is 14.6. The van der Waals surface area contributed by atoms with Crippen LogP contribution in [-0.2, 0) is 44.5 Å². The summed E-state index contributed by atoms with van der Waals surface area (Å²) in [6.45, 7) is -1.38. The number of hydrogen-bond donors (Lipinski definition) is 2. The van der Waals surface area contributed by atoms with E-state index in [0.717, 1.165) is 10.5 Å². The van der Waals surface area contributed by atoms with Gasteiger partial charge in [-0.1, -0.05) is 30.3 Å². The van der Waals surface area contributed by atoms with Crippen molar-refractivity contribution in [1.29, 1.82) is 0 Å². The zero-order valence-electron chi connectivity index (χ0n) is 25.1. The number of halogens is 6. The molecule has 0 unspecified atom stereocenters. The topological polar surface area (TPSA) is 133 Å². The molecule has 2 saturated heterocycles. The summed E-state index contributed by atoms with van der Waals surface area (Å²) >= 11 is 0. The zero-order chi connectivity index (χ0) is 34.5. The maximum absolute atomic E-state index is 14.0. The molecule has 2 heterocycles. The summed E-state index contributed by atoms with van der Waals surface area (Å²) < 4.78 is 85.7. The number of fused-ring (bicyclic) bond motifs is 1. The third-order valence-corrected chi connectivity index (χ3v) is 8.11. The van der Waals surface area contributed by atoms with Gasteiger partial charge >= 0.3 is 24.4 Å². The SMILES string of the molecule is NCCCC[C@H]1C(=O)N(CCC(=O)O)C[C@@H]2N(C(=O)OCc3cc(C(F)(F)F)cc(C(F)(F)F)c3)C[C@@H](Cc3ccccc3)C(=O)N21. The average molecular weight is 673 g/mol. The Morgan fingerprint density at radius 3 is 2.11 bits per heavy atom. The summed E-state index contributed by atoms with van der Waals surface area (Å²) in [5, 5.41) is 9.24. The molecule has 2 aliphatic rings. The monoisotopic (exact) mass is 672 g/mol. The van der Waals surface area contributed by atoms with Gasteiger partial charge in [-0.15, -0.1) is 0 Å². The van der Waals surface area contributed by atoms with Crippen LogP contribution in [-0.4, -0.2) is 82.1 Å². The standard InChI is InChI=1S/C31H34F6N4O6/c32-30(33,34)22-13-20(14-23(15-22)31(35,36)37)18-47-29(46)40-16-21(12-19-6-2-1-3-7-19)27(44)41-24(8-4-5-10-38)28(45)39(17-25(40)41)11-9-26(42)43/h1-3,6-7,13-15,21,24-25H,4-5,8-12,16-18,38H2,(H,42,43)/t21-,24+,25-/m1/s1. The number of nitrogens with zero attached hydrogens (tertiary/aromatic N) is 3. The highest BCUT2D eigenvalue weighted by atomic mass is 19.4. The highest BCUT2D eigenvalue weighted by Crippen LogP contribution is 2.37. The number of carbonyl (C=O) groups excluding carboxylic acids is 3. The molecule has 0 saturated carbocycles. The van der Waals surface area contributed by atoms with E-state index in [0.29, 0.717) is 31.5 Å². The highest BCUT2D eigenvalue weighted by molar-refractivity contribution is 5.92. The number of nitrogens with two attached hydrogens (primary N) is 1. The molecule has 16 heteroatoms. The number of rotatable bonds is 11. The van der Waals surface area contributed by atoms with Gasteiger partial charge in [0, 0.05) is 13.1 Å². The molecule has 0 spiro atoms. The van der Waals surface area contributed by atoms with Gasteiger partial charge in [0.1, 0.15) is 18.8 Å². The van der Waals surface area contributed by atoms with Crippen LogP contribution in [0.4, 0.5) is 31.1 Å². The Hall–Kier alpha value is -4.34. The van der Waals surface area contributed by atoms with E-state index in [1.165, 1.54) is 9.80 Å². The number of hydrogen-bond acceptors (Lipinski definition) is 6. The summed E-state index contributed by atoms with van der Waals surface area (Å²) in [6, 6.07) is 8.59. The van der Waals surface area contributed by atoms with Crippen LogP contribution in [0.2, 0.25) is 0 Å². The number of carbonyl (C=O) groups is 4. The van der Waals surface area contributed by atoms with Gasteiger partial charge in [0.05, 0.1) is 30.0 Å². The Morgan fingerprint density at radius 1 is 0.894 bits per heavy atom. The molecule has 2 aromatic rings. The Labute approximate surface area is 266 Å². The number of unbranched alkanes of at least 4 members (excludes halogenated alkanes) is 1. The van der Waals surface area contributed by atoms with Gasteiger partial charge in [-0.3, -0.25) is 19.3 Å². The van der Waals surface area contributed by atoms with Crippen molar-refractivity contribution in [1.82, 2.24) is 14.7 Å². The number of amides is 3. The van der Waals surface area contributed by atoms with Crippen molar-refractivity contribution in [2.24, 2.45) is 11.7 Å². The Kier molecular flexibility index (Phi) is 11.0. The lowest BCUT2D eigenvalue weighted by molar-refractivity contribution is -0.173. The third-order valence-electron chi connectivity index (χ3n) is 8.11. The van der Waals surface area contributed by atoms with Gasteiger partial charge in [-0.25, -0.2) is 4.79 Å². The Bertz CT molecular complexity index is 1420. The number of carboxylic acid groups (broad SMARTS) is 1. The van der Waals surface area contributed by atoms with Gasteiger partial charge in [0.25, 0.3) is 0 Å². The minimum atomic E-state index is -5.11. The van der Waals surface area contributed by atoms with E-state index in [-0.39, 0.29) is 38.5 Å². The fourth-order valence-electron chi connectivity index (χ4n) is 5.86. The first-order valence-corrected chi connectivity index (χ1v) is 14.9. The minimum Gasteiger partial charge on any atom is -0.481 e. The van der Waals surface area contributed by atoms with E-state index < -0.39 is 84.1 Å². The van der Waals surface area contributed by atoms with E-state index >= 15 is 0 Å². The molecule has 2 aromatic carbocycles. The molecule has 0 aliphatic carbocycles. The van der Waals surface area contributed by atoms with Crippen molar-refractivity contribution in [2.75, 3.05) is 26.2 Å². The number of aliphatic carboxylic acids is 1. The zero-order valence-corrected chi connectivity index (χ0v) is 25.1. The van der Waals surface area contributed by atoms with Crippen LogP contribution >= 0.6 is 0 Å². The Morgan fingerprint density at radius 2 is 1.53 bits per heavy atom. The molecule has 256 valence electrons. The molecule has 2 fully saturated rings. The highest BCUT2D eigenvalue weighted by Gasteiger charge is 2.52. The van der Waals surface area contributed by atoms with Gasteiger partial charge in [-0.05, 0) is 61.6 Å². The number of benzene rings is 2. The fourth-order valence-corrected chi connectivity index (χ4v) is 5.86. The Balaban J connectivity index is 1.67. The van der Waals surface area contributed by atoms with Crippen molar-refractivity contribution in [3.63, 3.8) is 0 Å². The summed E-state index contributed by atoms with van der Waals surface area (Å²) in [6.07, 6.45) is -11.6. The van der Waals surface area contributed by atoms with Gasteiger partial charge < -0.3 is 25.4 Å². The molecule has 3 atom stereocenters. The van der Waals surface area contributed by atoms with Crippen molar-refractivity contribution in [3.05, 3.63) is 70.8 Å². The predicted molar refractivity (Wildman–Crippen MR) is 153 cm³/mol. The van der Waals surface area contributed by atoms with Gasteiger partial charge in [-0.2, -0.15) is 26.3 Å². The molecule has 4 rings (SSSR count). The maximum Gasteiger partial charge on any atom is 0.416 e. The van der Waals surface area contributed by atoms with Crippen LogP contribution in [0.5, 0.6) is 0 Å². The smallest absolute Gasteiger partial charge is 0.416 e. The summed E-state index contributed by atoms with van der Waals surface area (Å²) in [5.41, 5.74) is 2.66. The molecule has 0 radical (unpaired) electrons. The van der Waals surface area contributed by atoms with Crippen LogP contribution in [0.3, 0.4) is 0 Å². The molecule has 3 N–H and O–H groups in total. The number of carboxylic acids is 1. The lowest BCUT2D eigenvalue weighted by Crippen LogP contribution is -2.73. The predicted octanol–water partition coefficient (Wildman–Crippen LogP) is 4.50. The molecular weight excluding hydrogens is 638 g/mol. The fraction of sp³-hybridized carbons (Fsp3) is 0.484. The average Bonchev–Trinajstić information content (AvgIpc) is 3.01. The lowest BCUT2D eigenvalue weighted by Gasteiger charge is -2.53. The second-order valence-corrected chi connectivity index (χ2v) is 11.5. The van der Waals surface area contributed by atoms with Gasteiger partial charge in [0.2, 0.25) is 11.8 Å². The normalized spacial score (nSPS) is 20.3. The maximum atomic E-state index is 14.0. The first kappa shape index (κ1) is 35.5. The quantitative estimate of drug-likeness (QED) is 0.265. The van der Waals surface area contributed by atoms with Crippen LogP contribution in [0.15, 0.2) is 48.5 Å². The van der Waals surface area contributed by atoms with E-state index in [2.05, 4.69) is 0 Å². The van der Waals surface area contributed by atoms with Crippen LogP contribution in [0.25, 0.3) is 0 Å². The van der Waals surface area contributed by atoms with E-state index in [1.807, 2.05) is 0 Å². The minimum absolute atomic E-state index is 0.0385. The van der Waals surface area contributed by atoms with E-state index in [1.54, 1.807) is 30.3 Å². The van der Waals surface area contributed by atoms with Crippen molar-refractivity contribution >= 4 is 23.9 Å². The van der Waals surface area contributed by atoms with E-state index in [4.69, 9.17) is 10.5 Å². The lowest BCUT2D eigenvalue weighted by atomic mass is 9.90. The van der Waals surface area contributed by atoms with Crippen molar-refractivity contribution < 1.29 is 55.4 Å². The van der Waals surface area contributed by atoms with E-state index in [9.17, 15) is 50.6 Å². The molecule has 47 heavy (non-hydrogen) atoms. The summed E-state index contributed by atoms with van der Waals surface area (Å²) in [4.78, 5) is 56.2. The van der Waals surface area contributed by atoms with Crippen LogP contribution in [0.1, 0.15) is 47.9 Å². The number of piperazine rings is 1. The first-order chi connectivity index (χ1) is 22.1. The first-order valence-electron chi connectivity index (χ1n) is 14.9. The molecule has 2 aliphatic heterocycles. The van der Waals surface area contributed by atoms with Crippen molar-refractivity contribution in [2.45, 2.75) is 63.3 Å². The number of ether oxygens (including phenoxy) is 1. The second-order valence-electron chi connectivity index (χ2n) is 11.5. The van der Waals surface area contributed by atoms with Crippen LogP contribution in [0, 0.1) is 5.92 Å². The largest absolute Gasteiger partial charge is 0.481 e. The third kappa shape index (κ3) is 8.73. The molecular formula is C31H34F6N4O6. The van der Waals surface area contributed by atoms with Crippen LogP contribution < -0.4 is 5.73 Å². The molecule has 10 nitrogen and oxygen atoms in total. The van der Waals surface area contributed by atoms with Gasteiger partial charge in [0.15, 0.2) is 0 Å². The summed E-state index contributed by atoms with van der Waals surface area (Å²) in [7, 11) is 0. The van der Waals surface area contributed by atoms with Crippen molar-refractivity contribution in [3.8, 4) is 0 Å². The molecule has 0 bridgehead atoms. The molecule has 0 aromatic heterocycles. The summed E-state index contributed by atoms with van der Waals surface area (Å²) in [5.74, 6) is -3.00. The molecule has 3 amide bonds.